The van der Waals surface area contributed by atoms with E-state index in [4.69, 9.17) is 26.4 Å². The Morgan fingerprint density at radius 1 is 1.22 bits per heavy atom. The van der Waals surface area contributed by atoms with Gasteiger partial charge < -0.3 is 19.5 Å². The monoisotopic (exact) mass is 538 g/mol. The number of amides is 1. The van der Waals surface area contributed by atoms with Crippen molar-refractivity contribution in [3.8, 4) is 11.5 Å². The number of nitrogens with one attached hydrogen (secondary N) is 1. The van der Waals surface area contributed by atoms with Crippen LogP contribution in [0.4, 0.5) is 5.82 Å². The predicted octanol–water partition coefficient (Wildman–Crippen LogP) is 4.05. The van der Waals surface area contributed by atoms with Crippen molar-refractivity contribution in [1.82, 2.24) is 14.3 Å². The van der Waals surface area contributed by atoms with E-state index in [1.807, 2.05) is 38.1 Å². The lowest BCUT2D eigenvalue weighted by molar-refractivity contribution is -0.122. The van der Waals surface area contributed by atoms with Crippen LogP contribution in [0.15, 0.2) is 52.3 Å². The zero-order chi connectivity index (χ0) is 25.9. The first-order chi connectivity index (χ1) is 17.9. The van der Waals surface area contributed by atoms with E-state index in [2.05, 4.69) is 10.3 Å². The zero-order valence-electron chi connectivity index (χ0n) is 20.4. The minimum absolute atomic E-state index is 0.151. The van der Waals surface area contributed by atoms with Gasteiger partial charge in [0.15, 0.2) is 11.5 Å². The highest BCUT2D eigenvalue weighted by atomic mass is 32.2. The SMILES string of the molecule is CC(C)OCCCNc1nc2ccccn2c(=O)c1C=C1SC(=S)N(Cc2ccc3c(c2)OCO3)C1=O. The van der Waals surface area contributed by atoms with Gasteiger partial charge >= 0.3 is 0 Å². The first-order valence-electron chi connectivity index (χ1n) is 11.9. The molecular formula is C26H26N4O5S2. The van der Waals surface area contributed by atoms with Crippen molar-refractivity contribution in [2.24, 2.45) is 0 Å². The Hall–Kier alpha value is -3.41. The van der Waals surface area contributed by atoms with Crippen molar-refractivity contribution in [1.29, 1.82) is 0 Å². The van der Waals surface area contributed by atoms with Gasteiger partial charge in [-0.25, -0.2) is 4.98 Å². The Bertz CT molecular complexity index is 1450. The second kappa shape index (κ2) is 10.9. The second-order valence-electron chi connectivity index (χ2n) is 8.76. The number of rotatable bonds is 9. The van der Waals surface area contributed by atoms with Crippen LogP contribution in [-0.2, 0) is 16.1 Å². The third-order valence-corrected chi connectivity index (χ3v) is 7.14. The summed E-state index contributed by atoms with van der Waals surface area (Å²) in [7, 11) is 0. The highest BCUT2D eigenvalue weighted by Crippen LogP contribution is 2.36. The highest BCUT2D eigenvalue weighted by Gasteiger charge is 2.33. The van der Waals surface area contributed by atoms with E-state index in [0.717, 1.165) is 12.0 Å². The molecule has 1 fully saturated rings. The number of fused-ring (bicyclic) bond motifs is 2. The molecule has 5 rings (SSSR count). The summed E-state index contributed by atoms with van der Waals surface area (Å²) in [5.74, 6) is 1.47. The number of pyridine rings is 1. The predicted molar refractivity (Wildman–Crippen MR) is 147 cm³/mol. The molecule has 2 aliphatic heterocycles. The van der Waals surface area contributed by atoms with Crippen LogP contribution in [0.1, 0.15) is 31.4 Å². The summed E-state index contributed by atoms with van der Waals surface area (Å²) >= 11 is 6.68. The molecule has 0 saturated carbocycles. The number of ether oxygens (including phenoxy) is 3. The average molecular weight is 539 g/mol. The number of thiocarbonyl (C=S) groups is 1. The van der Waals surface area contributed by atoms with E-state index in [1.54, 1.807) is 24.4 Å². The van der Waals surface area contributed by atoms with Gasteiger partial charge in [0, 0.05) is 19.3 Å². The molecule has 11 heteroatoms. The van der Waals surface area contributed by atoms with Crippen LogP contribution in [-0.4, -0.2) is 50.6 Å². The molecule has 1 amide bonds. The molecule has 0 radical (unpaired) electrons. The Labute approximate surface area is 223 Å². The summed E-state index contributed by atoms with van der Waals surface area (Å²) in [4.78, 5) is 33.3. The molecule has 4 heterocycles. The average Bonchev–Trinajstić information content (AvgIpc) is 3.45. The molecule has 3 aromatic rings. The van der Waals surface area contributed by atoms with E-state index in [1.165, 1.54) is 21.1 Å². The van der Waals surface area contributed by atoms with E-state index in [0.29, 0.717) is 50.9 Å². The van der Waals surface area contributed by atoms with Crippen LogP contribution in [0.3, 0.4) is 0 Å². The number of carbonyl (C=O) groups excluding carboxylic acids is 1. The van der Waals surface area contributed by atoms with Gasteiger partial charge in [-0.05, 0) is 56.2 Å². The van der Waals surface area contributed by atoms with Gasteiger partial charge in [-0.15, -0.1) is 0 Å². The molecule has 1 N–H and O–H groups in total. The third kappa shape index (κ3) is 5.48. The number of carbonyl (C=O) groups is 1. The molecule has 0 bridgehead atoms. The van der Waals surface area contributed by atoms with Crippen LogP contribution in [0.25, 0.3) is 11.7 Å². The van der Waals surface area contributed by atoms with Gasteiger partial charge in [0.05, 0.1) is 23.1 Å². The summed E-state index contributed by atoms with van der Waals surface area (Å²) < 4.78 is 18.3. The lowest BCUT2D eigenvalue weighted by atomic mass is 10.2. The lowest BCUT2D eigenvalue weighted by Gasteiger charge is -2.15. The molecule has 2 aliphatic rings. The topological polar surface area (TPSA) is 94.4 Å². The van der Waals surface area contributed by atoms with Crippen molar-refractivity contribution in [3.63, 3.8) is 0 Å². The first-order valence-corrected chi connectivity index (χ1v) is 13.1. The van der Waals surface area contributed by atoms with Gasteiger partial charge in [-0.1, -0.05) is 36.1 Å². The molecule has 1 saturated heterocycles. The molecule has 0 spiro atoms. The number of hydrogen-bond acceptors (Lipinski definition) is 9. The van der Waals surface area contributed by atoms with Gasteiger partial charge in [0.1, 0.15) is 15.8 Å². The molecule has 9 nitrogen and oxygen atoms in total. The quantitative estimate of drug-likeness (QED) is 0.246. The molecule has 0 unspecified atom stereocenters. The fourth-order valence-corrected chi connectivity index (χ4v) is 5.19. The number of aromatic nitrogens is 2. The van der Waals surface area contributed by atoms with Crippen LogP contribution in [0, 0.1) is 0 Å². The fourth-order valence-electron chi connectivity index (χ4n) is 3.95. The maximum absolute atomic E-state index is 13.4. The standard InChI is InChI=1S/C26H26N4O5S2/c1-16(2)33-11-5-9-27-23-18(24(31)29-10-4-3-6-22(29)28-23)13-21-25(32)30(26(36)37-21)14-17-7-8-19-20(12-17)35-15-34-19/h3-4,6-8,10,12-13,16,27H,5,9,11,14-15H2,1-2H3. The zero-order valence-corrected chi connectivity index (χ0v) is 22.1. The Morgan fingerprint density at radius 3 is 2.89 bits per heavy atom. The van der Waals surface area contributed by atoms with Gasteiger partial charge in [-0.3, -0.25) is 18.9 Å². The smallest absolute Gasteiger partial charge is 0.267 e. The minimum atomic E-state index is -0.271. The maximum Gasteiger partial charge on any atom is 0.267 e. The molecule has 0 aliphatic carbocycles. The van der Waals surface area contributed by atoms with E-state index in [9.17, 15) is 9.59 Å². The highest BCUT2D eigenvalue weighted by molar-refractivity contribution is 8.26. The molecular weight excluding hydrogens is 512 g/mol. The summed E-state index contributed by atoms with van der Waals surface area (Å²) in [5.41, 5.74) is 1.41. The second-order valence-corrected chi connectivity index (χ2v) is 10.4. The number of nitrogens with zero attached hydrogens (tertiary/aromatic N) is 3. The summed E-state index contributed by atoms with van der Waals surface area (Å²) in [6, 6.07) is 10.9. The van der Waals surface area contributed by atoms with Crippen molar-refractivity contribution in [3.05, 3.63) is 69.0 Å². The molecule has 2 aromatic heterocycles. The normalized spacial score (nSPS) is 16.0. The minimum Gasteiger partial charge on any atom is -0.454 e. The maximum atomic E-state index is 13.4. The van der Waals surface area contributed by atoms with Crippen molar-refractivity contribution in [2.75, 3.05) is 25.3 Å². The van der Waals surface area contributed by atoms with Crippen molar-refractivity contribution >= 4 is 51.7 Å². The van der Waals surface area contributed by atoms with Crippen LogP contribution < -0.4 is 20.3 Å². The molecule has 0 atom stereocenters. The first kappa shape index (κ1) is 25.2. The number of anilines is 1. The van der Waals surface area contributed by atoms with E-state index < -0.39 is 0 Å². The van der Waals surface area contributed by atoms with E-state index in [-0.39, 0.29) is 30.9 Å². The molecule has 1 aromatic carbocycles. The largest absolute Gasteiger partial charge is 0.454 e. The number of hydrogen-bond donors (Lipinski definition) is 1. The number of thioether (sulfide) groups is 1. The van der Waals surface area contributed by atoms with E-state index >= 15 is 0 Å². The van der Waals surface area contributed by atoms with Gasteiger partial charge in [-0.2, -0.15) is 0 Å². The molecule has 37 heavy (non-hydrogen) atoms. The fraction of sp³-hybridized carbons (Fsp3) is 0.308. The number of benzene rings is 1. The van der Waals surface area contributed by atoms with Crippen LogP contribution in [0.2, 0.25) is 0 Å². The Balaban J connectivity index is 1.41. The molecule has 192 valence electrons. The van der Waals surface area contributed by atoms with Crippen LogP contribution in [0.5, 0.6) is 11.5 Å². The van der Waals surface area contributed by atoms with Crippen molar-refractivity contribution in [2.45, 2.75) is 32.9 Å². The third-order valence-electron chi connectivity index (χ3n) is 5.76. The van der Waals surface area contributed by atoms with Gasteiger partial charge in [0.2, 0.25) is 6.79 Å². The summed E-state index contributed by atoms with van der Waals surface area (Å²) in [6.45, 7) is 5.59. The Morgan fingerprint density at radius 2 is 2.05 bits per heavy atom. The van der Waals surface area contributed by atoms with Gasteiger partial charge in [0.25, 0.3) is 11.5 Å². The lowest BCUT2D eigenvalue weighted by Crippen LogP contribution is -2.27. The van der Waals surface area contributed by atoms with Crippen LogP contribution >= 0.6 is 24.0 Å². The summed E-state index contributed by atoms with van der Waals surface area (Å²) in [5, 5.41) is 3.25. The summed E-state index contributed by atoms with van der Waals surface area (Å²) in [6.07, 6.45) is 4.14. The Kier molecular flexibility index (Phi) is 7.45. The van der Waals surface area contributed by atoms with Crippen molar-refractivity contribution < 1.29 is 19.0 Å².